The largest absolute Gasteiger partial charge is 0.468 e. The smallest absolute Gasteiger partial charge is 0.325 e. The van der Waals surface area contributed by atoms with E-state index < -0.39 is 0 Å². The molecule has 1 saturated heterocycles. The SMILES string of the molecule is COC(=O)CN1CCC(C)C1=O. The van der Waals surface area contributed by atoms with E-state index in [4.69, 9.17) is 0 Å². The minimum absolute atomic E-state index is 0.0559. The van der Waals surface area contributed by atoms with Crippen molar-refractivity contribution >= 4 is 11.9 Å². The zero-order valence-corrected chi connectivity index (χ0v) is 7.37. The second kappa shape index (κ2) is 3.56. The molecule has 1 aliphatic rings. The third kappa shape index (κ3) is 1.75. The summed E-state index contributed by atoms with van der Waals surface area (Å²) in [6.45, 7) is 2.65. The van der Waals surface area contributed by atoms with Crippen LogP contribution in [0, 0.1) is 5.92 Å². The topological polar surface area (TPSA) is 46.6 Å². The highest BCUT2D eigenvalue weighted by molar-refractivity contribution is 5.84. The molecule has 0 radical (unpaired) electrons. The first-order valence-electron chi connectivity index (χ1n) is 4.00. The van der Waals surface area contributed by atoms with Crippen LogP contribution in [0.25, 0.3) is 0 Å². The van der Waals surface area contributed by atoms with Crippen LogP contribution < -0.4 is 0 Å². The summed E-state index contributed by atoms with van der Waals surface area (Å²) in [6.07, 6.45) is 0.843. The van der Waals surface area contributed by atoms with Crippen molar-refractivity contribution in [2.45, 2.75) is 13.3 Å². The van der Waals surface area contributed by atoms with Gasteiger partial charge in [0.2, 0.25) is 5.91 Å². The van der Waals surface area contributed by atoms with E-state index >= 15 is 0 Å². The highest BCUT2D eigenvalue weighted by Crippen LogP contribution is 2.16. The molecule has 4 nitrogen and oxygen atoms in total. The molecule has 68 valence electrons. The lowest BCUT2D eigenvalue weighted by atomic mass is 10.1. The minimum Gasteiger partial charge on any atom is -0.468 e. The molecule has 1 fully saturated rings. The third-order valence-corrected chi connectivity index (χ3v) is 2.11. The molecule has 1 rings (SSSR count). The van der Waals surface area contributed by atoms with Crippen molar-refractivity contribution in [1.29, 1.82) is 0 Å². The zero-order chi connectivity index (χ0) is 9.14. The summed E-state index contributed by atoms with van der Waals surface area (Å²) in [5.74, 6) is -0.229. The molecule has 0 N–H and O–H groups in total. The lowest BCUT2D eigenvalue weighted by molar-refractivity contribution is -0.146. The van der Waals surface area contributed by atoms with Gasteiger partial charge >= 0.3 is 5.97 Å². The standard InChI is InChI=1S/C8H13NO3/c1-6-3-4-9(8(6)11)5-7(10)12-2/h6H,3-5H2,1-2H3. The van der Waals surface area contributed by atoms with Crippen molar-refractivity contribution in [3.63, 3.8) is 0 Å². The second-order valence-electron chi connectivity index (χ2n) is 3.03. The molecule has 0 aliphatic carbocycles. The van der Waals surface area contributed by atoms with Crippen molar-refractivity contribution in [3.8, 4) is 0 Å². The Balaban J connectivity index is 2.44. The molecule has 0 spiro atoms. The van der Waals surface area contributed by atoms with E-state index in [2.05, 4.69) is 4.74 Å². The van der Waals surface area contributed by atoms with E-state index in [9.17, 15) is 9.59 Å². The molecular formula is C8H13NO3. The minimum atomic E-state index is -0.350. The Bertz CT molecular complexity index is 202. The van der Waals surface area contributed by atoms with Crippen LogP contribution in [0.15, 0.2) is 0 Å². The quantitative estimate of drug-likeness (QED) is 0.550. The Hall–Kier alpha value is -1.06. The monoisotopic (exact) mass is 171 g/mol. The predicted octanol–water partition coefficient (Wildman–Crippen LogP) is 0.0278. The molecule has 0 aromatic carbocycles. The summed E-state index contributed by atoms with van der Waals surface area (Å²) in [4.78, 5) is 23.6. The summed E-state index contributed by atoms with van der Waals surface area (Å²) < 4.78 is 4.46. The van der Waals surface area contributed by atoms with Gasteiger partial charge in [0.15, 0.2) is 0 Å². The second-order valence-corrected chi connectivity index (χ2v) is 3.03. The average Bonchev–Trinajstić information content (AvgIpc) is 2.36. The maximum Gasteiger partial charge on any atom is 0.325 e. The summed E-state index contributed by atoms with van der Waals surface area (Å²) in [7, 11) is 1.33. The van der Waals surface area contributed by atoms with Crippen LogP contribution in [0.1, 0.15) is 13.3 Å². The fraction of sp³-hybridized carbons (Fsp3) is 0.750. The number of carbonyl (C=O) groups is 2. The van der Waals surface area contributed by atoms with Gasteiger partial charge in [-0.2, -0.15) is 0 Å². The lowest BCUT2D eigenvalue weighted by Gasteiger charge is -2.13. The summed E-state index contributed by atoms with van der Waals surface area (Å²) >= 11 is 0. The van der Waals surface area contributed by atoms with Gasteiger partial charge in [0, 0.05) is 12.5 Å². The Morgan fingerprint density at radius 3 is 2.83 bits per heavy atom. The number of hydrogen-bond donors (Lipinski definition) is 0. The first kappa shape index (κ1) is 9.03. The molecule has 1 amide bonds. The van der Waals surface area contributed by atoms with E-state index in [1.165, 1.54) is 12.0 Å². The van der Waals surface area contributed by atoms with Crippen molar-refractivity contribution in [1.82, 2.24) is 4.90 Å². The molecule has 0 bridgehead atoms. The molecule has 1 heterocycles. The van der Waals surface area contributed by atoms with Gasteiger partial charge in [-0.15, -0.1) is 0 Å². The summed E-state index contributed by atoms with van der Waals surface area (Å²) in [6, 6.07) is 0. The van der Waals surface area contributed by atoms with Gasteiger partial charge < -0.3 is 9.64 Å². The lowest BCUT2D eigenvalue weighted by Crippen LogP contribution is -2.32. The number of nitrogens with zero attached hydrogens (tertiary/aromatic N) is 1. The average molecular weight is 171 g/mol. The van der Waals surface area contributed by atoms with Crippen LogP contribution >= 0.6 is 0 Å². The van der Waals surface area contributed by atoms with Gasteiger partial charge in [-0.3, -0.25) is 9.59 Å². The van der Waals surface area contributed by atoms with Gasteiger partial charge in [0.25, 0.3) is 0 Å². The fourth-order valence-electron chi connectivity index (χ4n) is 1.27. The summed E-state index contributed by atoms with van der Waals surface area (Å²) in [5, 5.41) is 0. The molecule has 0 aromatic rings. The Labute approximate surface area is 71.5 Å². The van der Waals surface area contributed by atoms with Crippen LogP contribution in [0.3, 0.4) is 0 Å². The number of methoxy groups -OCH3 is 1. The van der Waals surface area contributed by atoms with E-state index in [0.717, 1.165) is 6.42 Å². The molecule has 0 saturated carbocycles. The fourth-order valence-corrected chi connectivity index (χ4v) is 1.27. The predicted molar refractivity (Wildman–Crippen MR) is 42.4 cm³/mol. The number of amides is 1. The van der Waals surface area contributed by atoms with Crippen molar-refractivity contribution in [3.05, 3.63) is 0 Å². The molecule has 1 atom stereocenters. The van der Waals surface area contributed by atoms with Crippen molar-refractivity contribution < 1.29 is 14.3 Å². The Kier molecular flexibility index (Phi) is 2.68. The first-order chi connectivity index (χ1) is 5.65. The van der Waals surface area contributed by atoms with E-state index in [0.29, 0.717) is 6.54 Å². The molecule has 12 heavy (non-hydrogen) atoms. The third-order valence-electron chi connectivity index (χ3n) is 2.11. The summed E-state index contributed by atoms with van der Waals surface area (Å²) in [5.41, 5.74) is 0. The van der Waals surface area contributed by atoms with Crippen LogP contribution in [-0.2, 0) is 14.3 Å². The first-order valence-corrected chi connectivity index (χ1v) is 4.00. The van der Waals surface area contributed by atoms with Crippen LogP contribution in [0.4, 0.5) is 0 Å². The van der Waals surface area contributed by atoms with Gasteiger partial charge in [-0.25, -0.2) is 0 Å². The number of carbonyl (C=O) groups excluding carboxylic acids is 2. The highest BCUT2D eigenvalue weighted by Gasteiger charge is 2.29. The van der Waals surface area contributed by atoms with E-state index in [1.54, 1.807) is 0 Å². The van der Waals surface area contributed by atoms with Gasteiger partial charge in [0.1, 0.15) is 6.54 Å². The zero-order valence-electron chi connectivity index (χ0n) is 7.37. The van der Waals surface area contributed by atoms with Crippen LogP contribution in [-0.4, -0.2) is 37.0 Å². The van der Waals surface area contributed by atoms with E-state index in [-0.39, 0.29) is 24.3 Å². The maximum absolute atomic E-state index is 11.3. The molecule has 0 aromatic heterocycles. The molecular weight excluding hydrogens is 158 g/mol. The maximum atomic E-state index is 11.3. The number of rotatable bonds is 2. The Morgan fingerprint density at radius 1 is 1.75 bits per heavy atom. The highest BCUT2D eigenvalue weighted by atomic mass is 16.5. The molecule has 1 unspecified atom stereocenters. The molecule has 1 aliphatic heterocycles. The van der Waals surface area contributed by atoms with Crippen LogP contribution in [0.5, 0.6) is 0 Å². The van der Waals surface area contributed by atoms with Gasteiger partial charge in [-0.05, 0) is 6.42 Å². The van der Waals surface area contributed by atoms with Crippen molar-refractivity contribution in [2.24, 2.45) is 5.92 Å². The van der Waals surface area contributed by atoms with Crippen molar-refractivity contribution in [2.75, 3.05) is 20.2 Å². The van der Waals surface area contributed by atoms with Crippen LogP contribution in [0.2, 0.25) is 0 Å². The van der Waals surface area contributed by atoms with E-state index in [1.807, 2.05) is 6.92 Å². The number of ether oxygens (including phenoxy) is 1. The molecule has 4 heteroatoms. The van der Waals surface area contributed by atoms with Gasteiger partial charge in [0.05, 0.1) is 7.11 Å². The van der Waals surface area contributed by atoms with Gasteiger partial charge in [-0.1, -0.05) is 6.92 Å². The Morgan fingerprint density at radius 2 is 2.42 bits per heavy atom. The number of esters is 1. The number of hydrogen-bond acceptors (Lipinski definition) is 3. The number of likely N-dealkylation sites (tertiary alicyclic amines) is 1. The normalized spacial score (nSPS) is 23.0.